The molecular weight excluding hydrogens is 238 g/mol. The second-order valence-electron chi connectivity index (χ2n) is 5.85. The molecule has 0 amide bonds. The topological polar surface area (TPSA) is 56.1 Å². The van der Waals surface area contributed by atoms with E-state index < -0.39 is 0 Å². The number of hydrogen-bond acceptors (Lipinski definition) is 5. The zero-order chi connectivity index (χ0) is 13.3. The van der Waals surface area contributed by atoms with Gasteiger partial charge in [-0.2, -0.15) is 5.26 Å². The minimum atomic E-state index is 0.386. The molecule has 3 heterocycles. The monoisotopic (exact) mass is 257 g/mol. The summed E-state index contributed by atoms with van der Waals surface area (Å²) in [4.78, 5) is 13.2. The summed E-state index contributed by atoms with van der Waals surface area (Å²) in [5.41, 5.74) is 0.836. The summed E-state index contributed by atoms with van der Waals surface area (Å²) in [5, 5.41) is 9.16. The summed E-state index contributed by atoms with van der Waals surface area (Å²) in [6.07, 6.45) is 6.98. The van der Waals surface area contributed by atoms with Crippen LogP contribution in [0.3, 0.4) is 0 Å². The molecule has 5 nitrogen and oxygen atoms in total. The van der Waals surface area contributed by atoms with Crippen LogP contribution < -0.4 is 4.90 Å². The molecule has 2 aliphatic heterocycles. The van der Waals surface area contributed by atoms with Crippen molar-refractivity contribution in [1.82, 2.24) is 14.9 Å². The third-order valence-corrected chi connectivity index (χ3v) is 4.37. The summed E-state index contributed by atoms with van der Waals surface area (Å²) in [5.74, 6) is 0.763. The van der Waals surface area contributed by atoms with Gasteiger partial charge in [-0.15, -0.1) is 0 Å². The summed E-state index contributed by atoms with van der Waals surface area (Å²) in [7, 11) is 2.19. The van der Waals surface area contributed by atoms with Crippen molar-refractivity contribution in [2.24, 2.45) is 5.41 Å². The number of nitriles is 1. The van der Waals surface area contributed by atoms with Crippen LogP contribution in [0.25, 0.3) is 0 Å². The second-order valence-corrected chi connectivity index (χ2v) is 5.85. The number of piperidine rings is 1. The Morgan fingerprint density at radius 1 is 1.21 bits per heavy atom. The minimum absolute atomic E-state index is 0.386. The highest BCUT2D eigenvalue weighted by molar-refractivity contribution is 5.50. The fraction of sp³-hybridized carbons (Fsp3) is 0.643. The molecule has 2 saturated heterocycles. The van der Waals surface area contributed by atoms with E-state index >= 15 is 0 Å². The lowest BCUT2D eigenvalue weighted by molar-refractivity contribution is 0.233. The zero-order valence-corrected chi connectivity index (χ0v) is 11.3. The quantitative estimate of drug-likeness (QED) is 0.758. The lowest BCUT2D eigenvalue weighted by Crippen LogP contribution is -2.45. The van der Waals surface area contributed by atoms with Crippen molar-refractivity contribution < 1.29 is 0 Å². The van der Waals surface area contributed by atoms with E-state index in [-0.39, 0.29) is 0 Å². The van der Waals surface area contributed by atoms with Crippen molar-refractivity contribution in [3.05, 3.63) is 18.1 Å². The molecule has 0 aromatic carbocycles. The molecule has 0 bridgehead atoms. The van der Waals surface area contributed by atoms with Gasteiger partial charge < -0.3 is 9.80 Å². The number of nitrogens with zero attached hydrogens (tertiary/aromatic N) is 5. The van der Waals surface area contributed by atoms with Gasteiger partial charge in [-0.25, -0.2) is 9.97 Å². The Balaban J connectivity index is 1.84. The fourth-order valence-electron chi connectivity index (χ4n) is 3.52. The molecule has 3 rings (SSSR count). The Labute approximate surface area is 113 Å². The molecule has 0 saturated carbocycles. The molecule has 0 aliphatic carbocycles. The molecule has 1 aromatic heterocycles. The van der Waals surface area contributed by atoms with E-state index in [0.29, 0.717) is 11.1 Å². The maximum Gasteiger partial charge on any atom is 0.183 e. The molecule has 100 valence electrons. The van der Waals surface area contributed by atoms with Crippen molar-refractivity contribution >= 4 is 5.82 Å². The van der Waals surface area contributed by atoms with Gasteiger partial charge in [0.2, 0.25) is 0 Å². The third-order valence-electron chi connectivity index (χ3n) is 4.37. The Hall–Kier alpha value is -1.67. The molecule has 19 heavy (non-hydrogen) atoms. The van der Waals surface area contributed by atoms with Crippen LogP contribution in [-0.2, 0) is 0 Å². The van der Waals surface area contributed by atoms with Crippen LogP contribution in [0.2, 0.25) is 0 Å². The van der Waals surface area contributed by atoms with E-state index in [2.05, 4.69) is 32.9 Å². The first kappa shape index (κ1) is 12.4. The third kappa shape index (κ3) is 2.28. The minimum Gasteiger partial charge on any atom is -0.354 e. The van der Waals surface area contributed by atoms with Crippen LogP contribution in [0.4, 0.5) is 5.82 Å². The van der Waals surface area contributed by atoms with E-state index in [1.807, 2.05) is 0 Å². The Bertz CT molecular complexity index is 505. The Morgan fingerprint density at radius 2 is 2.05 bits per heavy atom. The number of hydrogen-bond donors (Lipinski definition) is 0. The standard InChI is InChI=1S/C14H19N5/c1-18-8-4-14(10-18)3-2-7-19(11-14)13-12(9-15)16-5-6-17-13/h5-6H,2-4,7-8,10-11H2,1H3/t14-/m1/s1. The molecule has 1 spiro atoms. The van der Waals surface area contributed by atoms with E-state index in [9.17, 15) is 0 Å². The smallest absolute Gasteiger partial charge is 0.183 e. The van der Waals surface area contributed by atoms with Crippen LogP contribution in [0.15, 0.2) is 12.4 Å². The SMILES string of the molecule is CN1CC[C@]2(CCCN(c3nccnc3C#N)C2)C1. The largest absolute Gasteiger partial charge is 0.354 e. The molecule has 2 fully saturated rings. The molecule has 0 N–H and O–H groups in total. The number of likely N-dealkylation sites (tertiary alicyclic amines) is 1. The average molecular weight is 257 g/mol. The van der Waals surface area contributed by atoms with Gasteiger partial charge in [0, 0.05) is 37.4 Å². The van der Waals surface area contributed by atoms with E-state index in [0.717, 1.165) is 25.5 Å². The summed E-state index contributed by atoms with van der Waals surface area (Å²) in [6.45, 7) is 4.33. The number of anilines is 1. The highest BCUT2D eigenvalue weighted by Gasteiger charge is 2.40. The number of rotatable bonds is 1. The summed E-state index contributed by atoms with van der Waals surface area (Å²) in [6, 6.07) is 2.15. The highest BCUT2D eigenvalue weighted by Crippen LogP contribution is 2.39. The van der Waals surface area contributed by atoms with Gasteiger partial charge in [0.25, 0.3) is 0 Å². The molecule has 5 heteroatoms. The van der Waals surface area contributed by atoms with Gasteiger partial charge >= 0.3 is 0 Å². The zero-order valence-electron chi connectivity index (χ0n) is 11.3. The van der Waals surface area contributed by atoms with Crippen molar-refractivity contribution in [1.29, 1.82) is 5.26 Å². The Morgan fingerprint density at radius 3 is 2.79 bits per heavy atom. The molecule has 2 aliphatic rings. The van der Waals surface area contributed by atoms with Crippen molar-refractivity contribution in [3.8, 4) is 6.07 Å². The first-order valence-electron chi connectivity index (χ1n) is 6.87. The van der Waals surface area contributed by atoms with Crippen LogP contribution in [0, 0.1) is 16.7 Å². The van der Waals surface area contributed by atoms with Gasteiger partial charge in [-0.05, 0) is 32.9 Å². The van der Waals surface area contributed by atoms with Crippen molar-refractivity contribution in [2.75, 3.05) is 38.1 Å². The van der Waals surface area contributed by atoms with Gasteiger partial charge in [0.1, 0.15) is 6.07 Å². The van der Waals surface area contributed by atoms with E-state index in [1.165, 1.54) is 25.8 Å². The molecule has 0 unspecified atom stereocenters. The van der Waals surface area contributed by atoms with Gasteiger partial charge in [-0.1, -0.05) is 0 Å². The lowest BCUT2D eigenvalue weighted by Gasteiger charge is -2.41. The first-order chi connectivity index (χ1) is 9.22. The maximum atomic E-state index is 9.16. The molecule has 1 atom stereocenters. The van der Waals surface area contributed by atoms with Gasteiger partial charge in [0.15, 0.2) is 11.5 Å². The normalized spacial score (nSPS) is 27.7. The average Bonchev–Trinajstić information content (AvgIpc) is 2.79. The van der Waals surface area contributed by atoms with Gasteiger partial charge in [0.05, 0.1) is 0 Å². The Kier molecular flexibility index (Phi) is 3.11. The molecule has 1 aromatic rings. The predicted octanol–water partition coefficient (Wildman–Crippen LogP) is 1.27. The highest BCUT2D eigenvalue weighted by atomic mass is 15.2. The lowest BCUT2D eigenvalue weighted by atomic mass is 9.79. The molecule has 0 radical (unpaired) electrons. The van der Waals surface area contributed by atoms with Crippen LogP contribution in [0.1, 0.15) is 25.0 Å². The van der Waals surface area contributed by atoms with Crippen molar-refractivity contribution in [3.63, 3.8) is 0 Å². The predicted molar refractivity (Wildman–Crippen MR) is 72.7 cm³/mol. The van der Waals surface area contributed by atoms with Crippen LogP contribution in [0.5, 0.6) is 0 Å². The van der Waals surface area contributed by atoms with Crippen LogP contribution >= 0.6 is 0 Å². The summed E-state index contributed by atoms with van der Waals surface area (Å²) < 4.78 is 0. The first-order valence-corrected chi connectivity index (χ1v) is 6.87. The van der Waals surface area contributed by atoms with Crippen molar-refractivity contribution in [2.45, 2.75) is 19.3 Å². The van der Waals surface area contributed by atoms with E-state index in [4.69, 9.17) is 5.26 Å². The van der Waals surface area contributed by atoms with Gasteiger partial charge in [-0.3, -0.25) is 0 Å². The number of aromatic nitrogens is 2. The van der Waals surface area contributed by atoms with E-state index in [1.54, 1.807) is 12.4 Å². The molecular formula is C14H19N5. The maximum absolute atomic E-state index is 9.16. The summed E-state index contributed by atoms with van der Waals surface area (Å²) >= 11 is 0. The second kappa shape index (κ2) is 4.78. The van der Waals surface area contributed by atoms with Crippen LogP contribution in [-0.4, -0.2) is 48.1 Å². The fourth-order valence-corrected chi connectivity index (χ4v) is 3.52.